The van der Waals surface area contributed by atoms with E-state index in [9.17, 15) is 13.2 Å². The summed E-state index contributed by atoms with van der Waals surface area (Å²) in [6, 6.07) is 12.1. The molecule has 1 aliphatic rings. The summed E-state index contributed by atoms with van der Waals surface area (Å²) in [6.45, 7) is 0. The van der Waals surface area contributed by atoms with Crippen molar-refractivity contribution in [2.75, 3.05) is 0 Å². The van der Waals surface area contributed by atoms with Gasteiger partial charge in [0.2, 0.25) is 0 Å². The molecule has 4 rings (SSSR count). The number of benzene rings is 2. The molecule has 1 aromatic heterocycles. The van der Waals surface area contributed by atoms with Gasteiger partial charge in [-0.3, -0.25) is 10.2 Å². The topological polar surface area (TPSA) is 106 Å². The Balaban J connectivity index is 1.35. The Morgan fingerprint density at radius 3 is 2.55 bits per heavy atom. The van der Waals surface area contributed by atoms with Crippen LogP contribution in [0.25, 0.3) is 0 Å². The summed E-state index contributed by atoms with van der Waals surface area (Å²) in [4.78, 5) is 14.7. The number of rotatable bonds is 7. The van der Waals surface area contributed by atoms with E-state index < -0.39 is 15.9 Å². The molecule has 0 spiro atoms. The molecule has 0 saturated carbocycles. The number of sulfonamides is 1. The minimum absolute atomic E-state index is 0.157. The van der Waals surface area contributed by atoms with Crippen molar-refractivity contribution in [3.8, 4) is 0 Å². The molecule has 2 aromatic carbocycles. The highest BCUT2D eigenvalue weighted by molar-refractivity contribution is 7.98. The van der Waals surface area contributed by atoms with Gasteiger partial charge in [0.05, 0.1) is 4.90 Å². The second-order valence-corrected chi connectivity index (χ2v) is 10.0. The van der Waals surface area contributed by atoms with Crippen molar-refractivity contribution in [1.82, 2.24) is 25.0 Å². The van der Waals surface area contributed by atoms with Crippen LogP contribution in [0.2, 0.25) is 0 Å². The third kappa shape index (κ3) is 5.15. The lowest BCUT2D eigenvalue weighted by Gasteiger charge is -2.17. The molecule has 0 atom stereocenters. The van der Waals surface area contributed by atoms with Crippen LogP contribution in [0.5, 0.6) is 0 Å². The van der Waals surface area contributed by atoms with E-state index in [1.54, 1.807) is 30.6 Å². The van der Waals surface area contributed by atoms with E-state index in [2.05, 4.69) is 20.5 Å². The van der Waals surface area contributed by atoms with E-state index >= 15 is 0 Å². The summed E-state index contributed by atoms with van der Waals surface area (Å²) in [5, 5.41) is 8.66. The molecule has 0 saturated heterocycles. The van der Waals surface area contributed by atoms with E-state index in [0.29, 0.717) is 11.3 Å². The zero-order chi connectivity index (χ0) is 21.8. The minimum atomic E-state index is -3.84. The molecular formula is C21H23N5O3S2. The summed E-state index contributed by atoms with van der Waals surface area (Å²) in [7, 11) is -1.97. The van der Waals surface area contributed by atoms with Gasteiger partial charge < -0.3 is 4.57 Å². The summed E-state index contributed by atoms with van der Waals surface area (Å²) >= 11 is 1.54. The van der Waals surface area contributed by atoms with Crippen molar-refractivity contribution in [1.29, 1.82) is 0 Å². The molecule has 1 aliphatic carbocycles. The van der Waals surface area contributed by atoms with Crippen molar-refractivity contribution in [2.45, 2.75) is 41.5 Å². The quantitative estimate of drug-likeness (QED) is 0.417. The first kappa shape index (κ1) is 21.5. The van der Waals surface area contributed by atoms with Crippen molar-refractivity contribution in [3.05, 3.63) is 71.0 Å². The van der Waals surface area contributed by atoms with Crippen LogP contribution in [0.3, 0.4) is 0 Å². The normalized spacial score (nSPS) is 13.6. The standard InChI is InChI=1S/C21H23N5O3S2/c1-26-14-22-24-21(26)30-13-15-6-8-17(9-7-15)20(27)23-25-31(28,29)19-11-10-16-4-2-3-5-18(16)12-19/h6-12,14,25H,2-5,13H2,1H3,(H,23,27). The van der Waals surface area contributed by atoms with Crippen molar-refractivity contribution in [3.63, 3.8) is 0 Å². The fraction of sp³-hybridized carbons (Fsp3) is 0.286. The molecule has 0 bridgehead atoms. The van der Waals surface area contributed by atoms with Gasteiger partial charge in [-0.25, -0.2) is 8.42 Å². The second-order valence-electron chi connectivity index (χ2n) is 7.41. The van der Waals surface area contributed by atoms with Crippen LogP contribution in [0.1, 0.15) is 39.9 Å². The Morgan fingerprint density at radius 1 is 1.10 bits per heavy atom. The number of thioether (sulfide) groups is 1. The molecule has 31 heavy (non-hydrogen) atoms. The number of hydrazine groups is 1. The maximum atomic E-state index is 12.6. The highest BCUT2D eigenvalue weighted by atomic mass is 32.2. The van der Waals surface area contributed by atoms with Crippen molar-refractivity contribution >= 4 is 27.7 Å². The van der Waals surface area contributed by atoms with Crippen molar-refractivity contribution in [2.24, 2.45) is 7.05 Å². The van der Waals surface area contributed by atoms with Crippen LogP contribution in [0.4, 0.5) is 0 Å². The highest BCUT2D eigenvalue weighted by Gasteiger charge is 2.19. The lowest BCUT2D eigenvalue weighted by Crippen LogP contribution is -2.41. The molecule has 0 aliphatic heterocycles. The number of amides is 1. The number of fused-ring (bicyclic) bond motifs is 1. The average molecular weight is 458 g/mol. The number of nitrogens with one attached hydrogen (secondary N) is 2. The number of hydrogen-bond donors (Lipinski definition) is 2. The molecule has 0 fully saturated rings. The van der Waals surface area contributed by atoms with E-state index in [4.69, 9.17) is 0 Å². The van der Waals surface area contributed by atoms with Crippen LogP contribution in [-0.4, -0.2) is 29.1 Å². The molecule has 0 radical (unpaired) electrons. The summed E-state index contributed by atoms with van der Waals surface area (Å²) < 4.78 is 27.0. The van der Waals surface area contributed by atoms with Gasteiger partial charge in [-0.2, -0.15) is 0 Å². The van der Waals surface area contributed by atoms with Gasteiger partial charge in [0.25, 0.3) is 15.9 Å². The molecule has 1 amide bonds. The molecule has 1 heterocycles. The van der Waals surface area contributed by atoms with Gasteiger partial charge in [0.15, 0.2) is 5.16 Å². The van der Waals surface area contributed by atoms with Gasteiger partial charge in [-0.1, -0.05) is 30.0 Å². The van der Waals surface area contributed by atoms with Gasteiger partial charge >= 0.3 is 0 Å². The number of aromatic nitrogens is 3. The maximum absolute atomic E-state index is 12.6. The monoisotopic (exact) mass is 457 g/mol. The summed E-state index contributed by atoms with van der Waals surface area (Å²) in [5.74, 6) is 0.161. The van der Waals surface area contributed by atoms with Crippen LogP contribution in [0.15, 0.2) is 58.8 Å². The number of aryl methyl sites for hydroxylation is 3. The van der Waals surface area contributed by atoms with E-state index in [-0.39, 0.29) is 4.90 Å². The summed E-state index contributed by atoms with van der Waals surface area (Å²) in [6.07, 6.45) is 5.69. The molecule has 0 unspecified atom stereocenters. The van der Waals surface area contributed by atoms with Gasteiger partial charge in [0, 0.05) is 18.4 Å². The predicted molar refractivity (Wildman–Crippen MR) is 118 cm³/mol. The van der Waals surface area contributed by atoms with Gasteiger partial charge in [-0.05, 0) is 66.6 Å². The van der Waals surface area contributed by atoms with Gasteiger partial charge in [0.1, 0.15) is 6.33 Å². The van der Waals surface area contributed by atoms with Crippen LogP contribution < -0.4 is 10.3 Å². The first-order valence-corrected chi connectivity index (χ1v) is 12.4. The third-order valence-electron chi connectivity index (χ3n) is 5.18. The van der Waals surface area contributed by atoms with E-state index in [0.717, 1.165) is 42.0 Å². The van der Waals surface area contributed by atoms with Crippen molar-refractivity contribution < 1.29 is 13.2 Å². The Hall–Kier alpha value is -2.69. The first-order chi connectivity index (χ1) is 14.9. The zero-order valence-electron chi connectivity index (χ0n) is 17.0. The minimum Gasteiger partial charge on any atom is -0.312 e. The lowest BCUT2D eigenvalue weighted by molar-refractivity contribution is 0.0945. The average Bonchev–Trinajstić information content (AvgIpc) is 3.20. The fourth-order valence-corrected chi connectivity index (χ4v) is 5.16. The summed E-state index contributed by atoms with van der Waals surface area (Å²) in [5.41, 5.74) is 5.94. The smallest absolute Gasteiger partial charge is 0.266 e. The lowest BCUT2D eigenvalue weighted by atomic mass is 9.92. The molecular weight excluding hydrogens is 434 g/mol. The SMILES string of the molecule is Cn1cnnc1SCc1ccc(C(=O)NNS(=O)(=O)c2ccc3c(c2)CCCC3)cc1. The number of carbonyl (C=O) groups excluding carboxylic acids is 1. The Kier molecular flexibility index (Phi) is 6.40. The Morgan fingerprint density at radius 2 is 1.84 bits per heavy atom. The first-order valence-electron chi connectivity index (χ1n) is 9.92. The third-order valence-corrected chi connectivity index (χ3v) is 7.53. The Labute approximate surface area is 185 Å². The number of carbonyl (C=O) groups is 1. The Bertz CT molecular complexity index is 1190. The maximum Gasteiger partial charge on any atom is 0.266 e. The van der Waals surface area contributed by atoms with Crippen LogP contribution in [0, 0.1) is 0 Å². The molecule has 2 N–H and O–H groups in total. The number of nitrogens with zero attached hydrogens (tertiary/aromatic N) is 3. The van der Waals surface area contributed by atoms with E-state index in [1.165, 1.54) is 17.3 Å². The largest absolute Gasteiger partial charge is 0.312 e. The molecule has 10 heteroatoms. The zero-order valence-corrected chi connectivity index (χ0v) is 18.7. The predicted octanol–water partition coefficient (Wildman–Crippen LogP) is 2.61. The second kappa shape index (κ2) is 9.21. The molecule has 8 nitrogen and oxygen atoms in total. The molecule has 162 valence electrons. The highest BCUT2D eigenvalue weighted by Crippen LogP contribution is 2.24. The molecule has 3 aromatic rings. The fourth-order valence-electron chi connectivity index (χ4n) is 3.43. The number of hydrogen-bond acceptors (Lipinski definition) is 6. The van der Waals surface area contributed by atoms with Crippen LogP contribution >= 0.6 is 11.8 Å². The van der Waals surface area contributed by atoms with Crippen LogP contribution in [-0.2, 0) is 35.7 Å². The van der Waals surface area contributed by atoms with Gasteiger partial charge in [-0.15, -0.1) is 15.0 Å². The van der Waals surface area contributed by atoms with E-state index in [1.807, 2.05) is 29.8 Å².